The van der Waals surface area contributed by atoms with E-state index in [1.807, 2.05) is 37.1 Å². The number of anilines is 1. The van der Waals surface area contributed by atoms with Crippen molar-refractivity contribution in [3.63, 3.8) is 0 Å². The number of carbonyl (C=O) groups excluding carboxylic acids is 3. The molecule has 5 heterocycles. The molecule has 3 aromatic heterocycles. The van der Waals surface area contributed by atoms with Crippen LogP contribution in [0.4, 0.5) is 10.7 Å². The van der Waals surface area contributed by atoms with E-state index in [4.69, 9.17) is 15.5 Å². The monoisotopic (exact) mass is 716 g/mol. The number of primary amides is 1. The molecular weight excluding hydrogens is 672 g/mol. The first-order chi connectivity index (χ1) is 25.7. The number of aromatic amines is 2. The van der Waals surface area contributed by atoms with Crippen LogP contribution in [0.25, 0.3) is 33.6 Å². The highest BCUT2D eigenvalue weighted by molar-refractivity contribution is 5.85. The molecule has 274 valence electrons. The van der Waals surface area contributed by atoms with Gasteiger partial charge in [-0.15, -0.1) is 0 Å². The van der Waals surface area contributed by atoms with Crippen LogP contribution in [0.2, 0.25) is 0 Å². The second-order valence-corrected chi connectivity index (χ2v) is 13.9. The van der Waals surface area contributed by atoms with Crippen molar-refractivity contribution in [2.45, 2.75) is 70.7 Å². The molecule has 7 rings (SSSR count). The molecule has 5 aromatic rings. The minimum atomic E-state index is -0.973. The lowest BCUT2D eigenvalue weighted by molar-refractivity contribution is -0.140. The predicted octanol–water partition coefficient (Wildman–Crippen LogP) is 5.87. The molecule has 14 nitrogen and oxygen atoms in total. The standard InChI is InChI=1S/C39H44N10O4/c1-23(2)33(47-39-41-17-6-18-42-39)37(51)49-20-5-8-32(49)35-44-22-30(46-35)28-15-11-26(12-16-28)25-9-13-27(14-10-25)29-21-43-34(45-29)31-7-4-19-48(31)36(50)24(3)53-38(40)52/h6,9-18,21-24,31-33H,4-5,7-8,19-20H2,1-3H3,(H2,40,52)(H,43,45)(H,44,46)(H,41,42,47)/t24-,31-,32-,33+/m0/s1. The minimum absolute atomic E-state index is 0.0205. The molecule has 2 aliphatic rings. The van der Waals surface area contributed by atoms with Crippen LogP contribution in [0.5, 0.6) is 0 Å². The van der Waals surface area contributed by atoms with Crippen LogP contribution in [0, 0.1) is 5.92 Å². The van der Waals surface area contributed by atoms with E-state index in [0.717, 1.165) is 65.1 Å². The summed E-state index contributed by atoms with van der Waals surface area (Å²) in [5, 5.41) is 3.24. The summed E-state index contributed by atoms with van der Waals surface area (Å²) in [5.41, 5.74) is 11.0. The molecule has 2 aliphatic heterocycles. The van der Waals surface area contributed by atoms with Crippen LogP contribution < -0.4 is 11.1 Å². The first-order valence-corrected chi connectivity index (χ1v) is 18.1. The Kier molecular flexibility index (Phi) is 10.2. The lowest BCUT2D eigenvalue weighted by Crippen LogP contribution is -2.45. The summed E-state index contributed by atoms with van der Waals surface area (Å²) in [5.74, 6) is 1.69. The van der Waals surface area contributed by atoms with Crippen molar-refractivity contribution in [3.05, 3.63) is 91.0 Å². The molecule has 0 aliphatic carbocycles. The number of imidazole rings is 2. The molecule has 5 N–H and O–H groups in total. The first-order valence-electron chi connectivity index (χ1n) is 18.1. The molecule has 2 saturated heterocycles. The van der Waals surface area contributed by atoms with Gasteiger partial charge >= 0.3 is 6.09 Å². The summed E-state index contributed by atoms with van der Waals surface area (Å²) in [6.07, 6.45) is 8.34. The van der Waals surface area contributed by atoms with Gasteiger partial charge in [-0.1, -0.05) is 62.4 Å². The molecule has 0 bridgehead atoms. The van der Waals surface area contributed by atoms with Gasteiger partial charge in [0.2, 0.25) is 11.9 Å². The fourth-order valence-electron chi connectivity index (χ4n) is 7.28. The van der Waals surface area contributed by atoms with Crippen molar-refractivity contribution in [2.75, 3.05) is 18.4 Å². The van der Waals surface area contributed by atoms with E-state index in [2.05, 4.69) is 66.6 Å². The van der Waals surface area contributed by atoms with Crippen molar-refractivity contribution in [3.8, 4) is 33.6 Å². The predicted molar refractivity (Wildman–Crippen MR) is 199 cm³/mol. The number of H-pyrrole nitrogens is 2. The van der Waals surface area contributed by atoms with E-state index < -0.39 is 18.2 Å². The Morgan fingerprint density at radius 1 is 0.736 bits per heavy atom. The van der Waals surface area contributed by atoms with E-state index in [1.54, 1.807) is 29.6 Å². The number of likely N-dealkylation sites (tertiary alicyclic amines) is 2. The van der Waals surface area contributed by atoms with Crippen molar-refractivity contribution in [1.29, 1.82) is 0 Å². The van der Waals surface area contributed by atoms with Crippen LogP contribution in [0.15, 0.2) is 79.4 Å². The van der Waals surface area contributed by atoms with Gasteiger partial charge in [0.1, 0.15) is 17.7 Å². The van der Waals surface area contributed by atoms with Crippen molar-refractivity contribution in [1.82, 2.24) is 39.7 Å². The van der Waals surface area contributed by atoms with E-state index in [0.29, 0.717) is 24.9 Å². The van der Waals surface area contributed by atoms with Crippen molar-refractivity contribution < 1.29 is 19.1 Å². The molecule has 14 heteroatoms. The van der Waals surface area contributed by atoms with Gasteiger partial charge in [0.05, 0.1) is 35.9 Å². The van der Waals surface area contributed by atoms with Crippen LogP contribution in [0.3, 0.4) is 0 Å². The Hall–Kier alpha value is -6.05. The number of nitrogens with two attached hydrogens (primary N) is 1. The van der Waals surface area contributed by atoms with E-state index >= 15 is 0 Å². The third-order valence-electron chi connectivity index (χ3n) is 10.0. The Bertz CT molecular complexity index is 2040. The zero-order valence-electron chi connectivity index (χ0n) is 30.0. The van der Waals surface area contributed by atoms with Gasteiger partial charge in [0.25, 0.3) is 5.91 Å². The Labute approximate surface area is 307 Å². The average molecular weight is 717 g/mol. The second kappa shape index (κ2) is 15.3. The summed E-state index contributed by atoms with van der Waals surface area (Å²) < 4.78 is 4.91. The molecule has 0 radical (unpaired) electrons. The maximum atomic E-state index is 13.8. The number of aromatic nitrogens is 6. The number of amides is 3. The summed E-state index contributed by atoms with van der Waals surface area (Å²) in [6, 6.07) is 17.5. The minimum Gasteiger partial charge on any atom is -0.437 e. The van der Waals surface area contributed by atoms with Gasteiger partial charge in [-0.25, -0.2) is 24.7 Å². The van der Waals surface area contributed by atoms with Gasteiger partial charge in [-0.2, -0.15) is 0 Å². The van der Waals surface area contributed by atoms with Gasteiger partial charge in [0, 0.05) is 25.5 Å². The second-order valence-electron chi connectivity index (χ2n) is 13.9. The molecule has 53 heavy (non-hydrogen) atoms. The van der Waals surface area contributed by atoms with E-state index in [-0.39, 0.29) is 29.8 Å². The summed E-state index contributed by atoms with van der Waals surface area (Å²) >= 11 is 0. The molecule has 0 spiro atoms. The first kappa shape index (κ1) is 35.4. The number of carbonyl (C=O) groups is 3. The SMILES string of the molecule is CC(C)[C@@H](Nc1ncccn1)C(=O)N1CCC[C@H]1c1ncc(-c2ccc(-c3ccc(-c4cnc([C@@H]5CCCN5C(=O)[C@H](C)OC(N)=O)[nH]4)cc3)cc2)[nH]1. The number of rotatable bonds is 11. The van der Waals surface area contributed by atoms with E-state index in [1.165, 1.54) is 6.92 Å². The summed E-state index contributed by atoms with van der Waals surface area (Å²) in [6.45, 7) is 6.80. The molecule has 3 amide bonds. The number of hydrogen-bond donors (Lipinski definition) is 4. The lowest BCUT2D eigenvalue weighted by atomic mass is 10.0. The molecule has 0 saturated carbocycles. The maximum Gasteiger partial charge on any atom is 0.405 e. The van der Waals surface area contributed by atoms with Gasteiger partial charge in [-0.05, 0) is 66.8 Å². The number of nitrogens with zero attached hydrogens (tertiary/aromatic N) is 6. The summed E-state index contributed by atoms with van der Waals surface area (Å²) in [7, 11) is 0. The molecule has 4 atom stereocenters. The number of benzene rings is 2. The van der Waals surface area contributed by atoms with Crippen LogP contribution in [-0.2, 0) is 14.3 Å². The van der Waals surface area contributed by atoms with Gasteiger partial charge < -0.3 is 35.6 Å². The molecule has 2 aromatic carbocycles. The van der Waals surface area contributed by atoms with Crippen LogP contribution in [0.1, 0.15) is 70.2 Å². The summed E-state index contributed by atoms with van der Waals surface area (Å²) in [4.78, 5) is 66.2. The van der Waals surface area contributed by atoms with Crippen LogP contribution in [-0.4, -0.2) is 82.8 Å². The molecule has 0 unspecified atom stereocenters. The van der Waals surface area contributed by atoms with Gasteiger partial charge in [-0.3, -0.25) is 9.59 Å². The normalized spacial score (nSPS) is 18.3. The van der Waals surface area contributed by atoms with Crippen molar-refractivity contribution >= 4 is 23.9 Å². The van der Waals surface area contributed by atoms with Crippen LogP contribution >= 0.6 is 0 Å². The Morgan fingerprint density at radius 2 is 1.21 bits per heavy atom. The fourth-order valence-corrected chi connectivity index (χ4v) is 7.28. The Balaban J connectivity index is 0.999. The zero-order chi connectivity index (χ0) is 37.1. The lowest BCUT2D eigenvalue weighted by Gasteiger charge is -2.30. The zero-order valence-corrected chi connectivity index (χ0v) is 30.0. The Morgan fingerprint density at radius 3 is 1.68 bits per heavy atom. The fraction of sp³-hybridized carbons (Fsp3) is 0.359. The molecular formula is C39H44N10O4. The smallest absolute Gasteiger partial charge is 0.405 e. The van der Waals surface area contributed by atoms with Gasteiger partial charge in [0.15, 0.2) is 6.10 Å². The van der Waals surface area contributed by atoms with Crippen molar-refractivity contribution in [2.24, 2.45) is 11.7 Å². The quantitative estimate of drug-likeness (QED) is 0.130. The highest BCUT2D eigenvalue weighted by atomic mass is 16.6. The van der Waals surface area contributed by atoms with E-state index in [9.17, 15) is 14.4 Å². The number of hydrogen-bond acceptors (Lipinski definition) is 9. The highest BCUT2D eigenvalue weighted by Crippen LogP contribution is 2.35. The molecule has 2 fully saturated rings. The largest absolute Gasteiger partial charge is 0.437 e. The highest BCUT2D eigenvalue weighted by Gasteiger charge is 2.37. The number of ether oxygens (including phenoxy) is 1. The topological polar surface area (TPSA) is 188 Å². The maximum absolute atomic E-state index is 13.8. The third kappa shape index (κ3) is 7.62. The third-order valence-corrected chi connectivity index (χ3v) is 10.0. The number of nitrogens with one attached hydrogen (secondary N) is 3. The average Bonchev–Trinajstić information content (AvgIpc) is 4.00.